The minimum atomic E-state index is 0.468. The number of ether oxygens (including phenoxy) is 2. The first-order valence-corrected chi connectivity index (χ1v) is 11.2. The SMILES string of the molecule is C1=CC(CC2CCO2)C(CN2CCc3ccc(OCc4cccnc4)cc3C2)C=C1. The number of aromatic nitrogens is 1. The summed E-state index contributed by atoms with van der Waals surface area (Å²) in [6.45, 7) is 4.73. The Kier molecular flexibility index (Phi) is 5.96. The zero-order valence-electron chi connectivity index (χ0n) is 17.5. The van der Waals surface area contributed by atoms with Crippen LogP contribution in [0.3, 0.4) is 0 Å². The van der Waals surface area contributed by atoms with Gasteiger partial charge >= 0.3 is 0 Å². The summed E-state index contributed by atoms with van der Waals surface area (Å²) < 4.78 is 11.7. The lowest BCUT2D eigenvalue weighted by Crippen LogP contribution is -2.38. The monoisotopic (exact) mass is 402 g/mol. The molecule has 0 bridgehead atoms. The molecule has 3 aliphatic rings. The van der Waals surface area contributed by atoms with E-state index in [0.29, 0.717) is 24.5 Å². The number of benzene rings is 1. The molecule has 0 N–H and O–H groups in total. The van der Waals surface area contributed by atoms with Crippen molar-refractivity contribution >= 4 is 0 Å². The van der Waals surface area contributed by atoms with Crippen LogP contribution in [0.5, 0.6) is 5.75 Å². The topological polar surface area (TPSA) is 34.6 Å². The van der Waals surface area contributed by atoms with Crippen molar-refractivity contribution in [3.8, 4) is 5.75 Å². The standard InChI is InChI=1S/C26H30N2O2/c1-2-6-23(22(5-1)14-26-10-13-29-26)17-28-12-9-21-7-8-25(15-24(21)18-28)30-19-20-4-3-11-27-16-20/h1-8,11,15-16,22-23,26H,9-10,12-14,17-19H2. The largest absolute Gasteiger partial charge is 0.489 e. The molecule has 30 heavy (non-hydrogen) atoms. The highest BCUT2D eigenvalue weighted by atomic mass is 16.5. The summed E-state index contributed by atoms with van der Waals surface area (Å²) >= 11 is 0. The third kappa shape index (κ3) is 4.66. The van der Waals surface area contributed by atoms with E-state index in [0.717, 1.165) is 50.4 Å². The molecule has 2 aliphatic heterocycles. The predicted octanol–water partition coefficient (Wildman–Crippen LogP) is 4.56. The molecule has 0 amide bonds. The fourth-order valence-electron chi connectivity index (χ4n) is 4.71. The summed E-state index contributed by atoms with van der Waals surface area (Å²) in [5.74, 6) is 2.11. The number of fused-ring (bicyclic) bond motifs is 1. The first-order valence-electron chi connectivity index (χ1n) is 11.2. The van der Waals surface area contributed by atoms with Gasteiger partial charge in [-0.05, 0) is 60.4 Å². The number of pyridine rings is 1. The molecule has 4 nitrogen and oxygen atoms in total. The average molecular weight is 403 g/mol. The third-order valence-electron chi connectivity index (χ3n) is 6.57. The smallest absolute Gasteiger partial charge is 0.120 e. The normalized spacial score (nSPS) is 25.5. The van der Waals surface area contributed by atoms with E-state index in [1.54, 1.807) is 6.20 Å². The van der Waals surface area contributed by atoms with Gasteiger partial charge in [-0.2, -0.15) is 0 Å². The Morgan fingerprint density at radius 1 is 1.10 bits per heavy atom. The van der Waals surface area contributed by atoms with Crippen LogP contribution in [0.2, 0.25) is 0 Å². The molecule has 1 saturated heterocycles. The molecule has 1 aliphatic carbocycles. The van der Waals surface area contributed by atoms with Crippen LogP contribution in [0.15, 0.2) is 67.0 Å². The number of hydrogen-bond donors (Lipinski definition) is 0. The summed E-state index contributed by atoms with van der Waals surface area (Å²) in [4.78, 5) is 6.77. The number of hydrogen-bond acceptors (Lipinski definition) is 4. The molecular formula is C26H30N2O2. The van der Waals surface area contributed by atoms with E-state index in [1.165, 1.54) is 17.5 Å². The Morgan fingerprint density at radius 2 is 2.00 bits per heavy atom. The van der Waals surface area contributed by atoms with Crippen LogP contribution >= 0.6 is 0 Å². The lowest BCUT2D eigenvalue weighted by Gasteiger charge is -2.36. The molecule has 3 atom stereocenters. The first-order chi connectivity index (χ1) is 14.8. The highest BCUT2D eigenvalue weighted by Crippen LogP contribution is 2.31. The van der Waals surface area contributed by atoms with Gasteiger partial charge in [-0.15, -0.1) is 0 Å². The summed E-state index contributed by atoms with van der Waals surface area (Å²) in [5.41, 5.74) is 3.95. The van der Waals surface area contributed by atoms with Crippen LogP contribution in [0.25, 0.3) is 0 Å². The highest BCUT2D eigenvalue weighted by molar-refractivity contribution is 5.37. The summed E-state index contributed by atoms with van der Waals surface area (Å²) in [7, 11) is 0. The van der Waals surface area contributed by atoms with Gasteiger partial charge in [0.25, 0.3) is 0 Å². The molecule has 5 rings (SSSR count). The van der Waals surface area contributed by atoms with E-state index < -0.39 is 0 Å². The second kappa shape index (κ2) is 9.15. The maximum absolute atomic E-state index is 6.03. The van der Waals surface area contributed by atoms with Crippen molar-refractivity contribution in [1.29, 1.82) is 0 Å². The van der Waals surface area contributed by atoms with Gasteiger partial charge in [-0.1, -0.05) is 36.4 Å². The second-order valence-electron chi connectivity index (χ2n) is 8.68. The highest BCUT2D eigenvalue weighted by Gasteiger charge is 2.28. The second-order valence-corrected chi connectivity index (χ2v) is 8.68. The fourth-order valence-corrected chi connectivity index (χ4v) is 4.71. The zero-order chi connectivity index (χ0) is 20.2. The van der Waals surface area contributed by atoms with Crippen LogP contribution in [0.4, 0.5) is 0 Å². The molecule has 0 radical (unpaired) electrons. The molecule has 0 spiro atoms. The Labute approximate surface area is 179 Å². The van der Waals surface area contributed by atoms with Crippen molar-refractivity contribution in [3.05, 3.63) is 83.7 Å². The Hall–Kier alpha value is -2.43. The van der Waals surface area contributed by atoms with E-state index in [1.807, 2.05) is 18.3 Å². The van der Waals surface area contributed by atoms with Gasteiger partial charge in [0.2, 0.25) is 0 Å². The van der Waals surface area contributed by atoms with Crippen molar-refractivity contribution in [3.63, 3.8) is 0 Å². The summed E-state index contributed by atoms with van der Waals surface area (Å²) in [6.07, 6.45) is 16.8. The lowest BCUT2D eigenvalue weighted by molar-refractivity contribution is -0.0628. The van der Waals surface area contributed by atoms with E-state index in [2.05, 4.69) is 52.4 Å². The summed E-state index contributed by atoms with van der Waals surface area (Å²) in [6, 6.07) is 10.6. The zero-order valence-corrected chi connectivity index (χ0v) is 17.5. The van der Waals surface area contributed by atoms with E-state index in [9.17, 15) is 0 Å². The van der Waals surface area contributed by atoms with Gasteiger partial charge < -0.3 is 9.47 Å². The Balaban J connectivity index is 1.20. The van der Waals surface area contributed by atoms with Crippen molar-refractivity contribution < 1.29 is 9.47 Å². The van der Waals surface area contributed by atoms with Gasteiger partial charge in [-0.25, -0.2) is 0 Å². The molecule has 3 unspecified atom stereocenters. The minimum Gasteiger partial charge on any atom is -0.489 e. The molecule has 2 aromatic rings. The van der Waals surface area contributed by atoms with Crippen molar-refractivity contribution in [2.75, 3.05) is 19.7 Å². The van der Waals surface area contributed by atoms with Gasteiger partial charge in [0.05, 0.1) is 6.10 Å². The van der Waals surface area contributed by atoms with Crippen LogP contribution in [-0.2, 0) is 24.3 Å². The maximum atomic E-state index is 6.03. The maximum Gasteiger partial charge on any atom is 0.120 e. The quantitative estimate of drug-likeness (QED) is 0.680. The van der Waals surface area contributed by atoms with Crippen LogP contribution < -0.4 is 4.74 Å². The molecule has 1 aromatic carbocycles. The predicted molar refractivity (Wildman–Crippen MR) is 118 cm³/mol. The first kappa shape index (κ1) is 19.5. The lowest BCUT2D eigenvalue weighted by atomic mass is 9.82. The molecule has 1 aromatic heterocycles. The van der Waals surface area contributed by atoms with Crippen LogP contribution in [-0.4, -0.2) is 35.7 Å². The van der Waals surface area contributed by atoms with Gasteiger partial charge in [0, 0.05) is 44.2 Å². The number of allylic oxidation sites excluding steroid dienone is 3. The molecule has 156 valence electrons. The summed E-state index contributed by atoms with van der Waals surface area (Å²) in [5, 5.41) is 0. The van der Waals surface area contributed by atoms with Gasteiger partial charge in [-0.3, -0.25) is 9.88 Å². The average Bonchev–Trinajstić information content (AvgIpc) is 2.76. The van der Waals surface area contributed by atoms with Gasteiger partial charge in [0.1, 0.15) is 12.4 Å². The van der Waals surface area contributed by atoms with Crippen LogP contribution in [0, 0.1) is 11.8 Å². The molecule has 3 heterocycles. The van der Waals surface area contributed by atoms with E-state index in [-0.39, 0.29) is 0 Å². The minimum absolute atomic E-state index is 0.468. The van der Waals surface area contributed by atoms with Crippen molar-refractivity contribution in [2.24, 2.45) is 11.8 Å². The molecule has 4 heteroatoms. The molecular weight excluding hydrogens is 372 g/mol. The Bertz CT molecular complexity index is 905. The molecule has 0 saturated carbocycles. The van der Waals surface area contributed by atoms with E-state index >= 15 is 0 Å². The van der Waals surface area contributed by atoms with Crippen molar-refractivity contribution in [1.82, 2.24) is 9.88 Å². The van der Waals surface area contributed by atoms with Gasteiger partial charge in [0.15, 0.2) is 0 Å². The number of nitrogens with zero attached hydrogens (tertiary/aromatic N) is 2. The Morgan fingerprint density at radius 3 is 2.80 bits per heavy atom. The van der Waals surface area contributed by atoms with Crippen LogP contribution in [0.1, 0.15) is 29.5 Å². The van der Waals surface area contributed by atoms with E-state index in [4.69, 9.17) is 9.47 Å². The third-order valence-corrected chi connectivity index (χ3v) is 6.57. The van der Waals surface area contributed by atoms with Crippen molar-refractivity contribution in [2.45, 2.75) is 38.5 Å². The number of rotatable bonds is 7. The molecule has 1 fully saturated rings. The fraction of sp³-hybridized carbons (Fsp3) is 0.423.